The molecule has 1 aliphatic heterocycles. The largest absolute Gasteiger partial charge is 0.395 e. The Hall–Kier alpha value is -0.200. The van der Waals surface area contributed by atoms with E-state index in [1.165, 1.54) is 12.8 Å². The molecule has 1 saturated heterocycles. The quantitative estimate of drug-likeness (QED) is 0.729. The van der Waals surface area contributed by atoms with Crippen molar-refractivity contribution in [3.05, 3.63) is 0 Å². The van der Waals surface area contributed by atoms with Crippen molar-refractivity contribution in [1.82, 2.24) is 9.80 Å². The summed E-state index contributed by atoms with van der Waals surface area (Å²) in [5, 5.41) is 19.4. The fraction of sp³-hybridized carbons (Fsp3) is 1.00. The number of nitrogens with zero attached hydrogens (tertiary/aromatic N) is 2. The number of aliphatic hydroxyl groups excluding tert-OH is 2. The monoisotopic (exact) mass is 340 g/mol. The second-order valence-electron chi connectivity index (χ2n) is 8.95. The van der Waals surface area contributed by atoms with Crippen LogP contribution in [-0.2, 0) is 4.74 Å². The molecular weight excluding hydrogens is 304 g/mol. The third-order valence-electron chi connectivity index (χ3n) is 7.55. The van der Waals surface area contributed by atoms with Crippen LogP contribution in [0.5, 0.6) is 0 Å². The predicted octanol–water partition coefficient (Wildman–Crippen LogP) is 1.19. The van der Waals surface area contributed by atoms with E-state index in [9.17, 15) is 5.11 Å². The first-order chi connectivity index (χ1) is 11.4. The van der Waals surface area contributed by atoms with Gasteiger partial charge in [0.2, 0.25) is 0 Å². The van der Waals surface area contributed by atoms with E-state index in [-0.39, 0.29) is 12.0 Å². The number of hydrogen-bond acceptors (Lipinski definition) is 5. The highest BCUT2D eigenvalue weighted by Crippen LogP contribution is 2.66. The van der Waals surface area contributed by atoms with Crippen LogP contribution in [-0.4, -0.2) is 84.7 Å². The standard InChI is InChI=1S/C19H36N2O3/c1-18(2)15-4-5-19(18,3)17(12-15)24-14-16(23)13-21-8-6-20(7-9-21)10-11-22/h15-17,22-23H,4-14H2,1-3H3/t15-,16+,17+,19+/m0/s1. The second kappa shape index (κ2) is 7.20. The van der Waals surface area contributed by atoms with Gasteiger partial charge in [0.1, 0.15) is 0 Å². The van der Waals surface area contributed by atoms with Crippen LogP contribution in [0.2, 0.25) is 0 Å². The smallest absolute Gasteiger partial charge is 0.0900 e. The summed E-state index contributed by atoms with van der Waals surface area (Å²) in [6.45, 7) is 13.2. The highest BCUT2D eigenvalue weighted by Gasteiger charge is 2.61. The molecule has 3 fully saturated rings. The molecule has 2 aliphatic carbocycles. The maximum Gasteiger partial charge on any atom is 0.0900 e. The van der Waals surface area contributed by atoms with E-state index in [1.54, 1.807) is 0 Å². The molecule has 0 aromatic rings. The number of rotatable bonds is 7. The second-order valence-corrected chi connectivity index (χ2v) is 8.95. The average Bonchev–Trinajstić information content (AvgIpc) is 2.88. The molecule has 5 heteroatoms. The van der Waals surface area contributed by atoms with Gasteiger partial charge in [-0.05, 0) is 36.0 Å². The van der Waals surface area contributed by atoms with Gasteiger partial charge in [-0.3, -0.25) is 9.80 Å². The van der Waals surface area contributed by atoms with Gasteiger partial charge in [-0.2, -0.15) is 0 Å². The maximum atomic E-state index is 10.4. The van der Waals surface area contributed by atoms with Gasteiger partial charge in [-0.1, -0.05) is 20.8 Å². The predicted molar refractivity (Wildman–Crippen MR) is 94.9 cm³/mol. The van der Waals surface area contributed by atoms with Gasteiger partial charge in [0, 0.05) is 39.3 Å². The highest BCUT2D eigenvalue weighted by atomic mass is 16.5. The van der Waals surface area contributed by atoms with Gasteiger partial charge in [0.15, 0.2) is 0 Å². The lowest BCUT2D eigenvalue weighted by Crippen LogP contribution is -2.49. The topological polar surface area (TPSA) is 56.2 Å². The minimum absolute atomic E-state index is 0.230. The van der Waals surface area contributed by atoms with E-state index in [4.69, 9.17) is 9.84 Å². The van der Waals surface area contributed by atoms with E-state index in [2.05, 4.69) is 30.6 Å². The molecule has 0 radical (unpaired) electrons. The fourth-order valence-electron chi connectivity index (χ4n) is 5.30. The third-order valence-corrected chi connectivity index (χ3v) is 7.55. The Bertz CT molecular complexity index is 423. The van der Waals surface area contributed by atoms with E-state index in [0.717, 1.165) is 45.1 Å². The van der Waals surface area contributed by atoms with Crippen LogP contribution in [0, 0.1) is 16.7 Å². The summed E-state index contributed by atoms with van der Waals surface area (Å²) in [6, 6.07) is 0. The van der Waals surface area contributed by atoms with Crippen LogP contribution in [0.1, 0.15) is 40.0 Å². The van der Waals surface area contributed by atoms with Gasteiger partial charge in [0.25, 0.3) is 0 Å². The Balaban J connectivity index is 1.40. The third kappa shape index (κ3) is 3.38. The molecule has 24 heavy (non-hydrogen) atoms. The Morgan fingerprint density at radius 3 is 2.33 bits per heavy atom. The molecule has 0 amide bonds. The Labute approximate surface area is 147 Å². The number of hydrogen-bond donors (Lipinski definition) is 2. The molecule has 0 unspecified atom stereocenters. The number of aliphatic hydroxyl groups is 2. The van der Waals surface area contributed by atoms with Gasteiger partial charge in [-0.15, -0.1) is 0 Å². The highest BCUT2D eigenvalue weighted by molar-refractivity contribution is 5.11. The summed E-state index contributed by atoms with van der Waals surface area (Å²) in [4.78, 5) is 4.59. The van der Waals surface area contributed by atoms with E-state index < -0.39 is 6.10 Å². The van der Waals surface area contributed by atoms with Gasteiger partial charge < -0.3 is 14.9 Å². The molecule has 2 bridgehead atoms. The molecule has 0 aromatic heterocycles. The van der Waals surface area contributed by atoms with Crippen LogP contribution in [0.3, 0.4) is 0 Å². The summed E-state index contributed by atoms with van der Waals surface area (Å²) >= 11 is 0. The van der Waals surface area contributed by atoms with Crippen LogP contribution in [0.4, 0.5) is 0 Å². The molecule has 3 aliphatic rings. The van der Waals surface area contributed by atoms with Crippen molar-refractivity contribution in [2.45, 2.75) is 52.2 Å². The number of fused-ring (bicyclic) bond motifs is 2. The van der Waals surface area contributed by atoms with Crippen LogP contribution in [0.25, 0.3) is 0 Å². The Morgan fingerprint density at radius 1 is 1.12 bits per heavy atom. The molecular formula is C19H36N2O3. The number of β-amino-alcohol motifs (C(OH)–C–C–N with tert-alkyl or cyclic N) is 2. The van der Waals surface area contributed by atoms with Crippen molar-refractivity contribution in [3.8, 4) is 0 Å². The zero-order chi connectivity index (χ0) is 17.4. The SMILES string of the molecule is CC1(C)[C@H]2CC[C@]1(C)[C@H](OC[C@H](O)CN1CCN(CCO)CC1)C2. The number of ether oxygens (including phenoxy) is 1. The summed E-state index contributed by atoms with van der Waals surface area (Å²) in [5.41, 5.74) is 0.638. The molecule has 140 valence electrons. The Morgan fingerprint density at radius 2 is 1.79 bits per heavy atom. The van der Waals surface area contributed by atoms with Gasteiger partial charge in [0.05, 0.1) is 25.4 Å². The molecule has 2 N–H and O–H groups in total. The zero-order valence-corrected chi connectivity index (χ0v) is 15.7. The minimum atomic E-state index is -0.403. The lowest BCUT2D eigenvalue weighted by molar-refractivity contribution is -0.0807. The lowest BCUT2D eigenvalue weighted by atomic mass is 9.70. The molecule has 4 atom stereocenters. The summed E-state index contributed by atoms with van der Waals surface area (Å²) in [5.74, 6) is 0.782. The van der Waals surface area contributed by atoms with Crippen LogP contribution < -0.4 is 0 Å². The van der Waals surface area contributed by atoms with Crippen molar-refractivity contribution in [1.29, 1.82) is 0 Å². The van der Waals surface area contributed by atoms with E-state index in [1.807, 2.05) is 0 Å². The normalized spacial score (nSPS) is 37.9. The first-order valence-electron chi connectivity index (χ1n) is 9.72. The molecule has 0 aromatic carbocycles. The summed E-state index contributed by atoms with van der Waals surface area (Å²) in [7, 11) is 0. The molecule has 2 saturated carbocycles. The van der Waals surface area contributed by atoms with Crippen molar-refractivity contribution >= 4 is 0 Å². The minimum Gasteiger partial charge on any atom is -0.395 e. The molecule has 5 nitrogen and oxygen atoms in total. The van der Waals surface area contributed by atoms with Crippen molar-refractivity contribution in [2.75, 3.05) is 52.5 Å². The summed E-state index contributed by atoms with van der Waals surface area (Å²) in [6.07, 6.45) is 3.67. The van der Waals surface area contributed by atoms with Crippen molar-refractivity contribution in [2.24, 2.45) is 16.7 Å². The lowest BCUT2D eigenvalue weighted by Gasteiger charge is -2.39. The number of piperazine rings is 1. The average molecular weight is 341 g/mol. The zero-order valence-electron chi connectivity index (χ0n) is 15.7. The van der Waals surface area contributed by atoms with Crippen molar-refractivity contribution < 1.29 is 14.9 Å². The van der Waals surface area contributed by atoms with E-state index >= 15 is 0 Å². The first-order valence-corrected chi connectivity index (χ1v) is 9.72. The molecule has 0 spiro atoms. The Kier molecular flexibility index (Phi) is 5.57. The van der Waals surface area contributed by atoms with Gasteiger partial charge >= 0.3 is 0 Å². The van der Waals surface area contributed by atoms with Crippen LogP contribution >= 0.6 is 0 Å². The molecule has 3 rings (SSSR count). The fourth-order valence-corrected chi connectivity index (χ4v) is 5.30. The maximum absolute atomic E-state index is 10.4. The van der Waals surface area contributed by atoms with Crippen molar-refractivity contribution in [3.63, 3.8) is 0 Å². The van der Waals surface area contributed by atoms with Gasteiger partial charge in [-0.25, -0.2) is 0 Å². The van der Waals surface area contributed by atoms with Crippen LogP contribution in [0.15, 0.2) is 0 Å². The first kappa shape index (κ1) is 18.6. The van der Waals surface area contributed by atoms with E-state index in [0.29, 0.717) is 24.7 Å². The molecule has 1 heterocycles. The summed E-state index contributed by atoms with van der Waals surface area (Å²) < 4.78 is 6.22.